The van der Waals surface area contributed by atoms with E-state index >= 15 is 0 Å². The summed E-state index contributed by atoms with van der Waals surface area (Å²) in [5, 5.41) is 0.962. The zero-order valence-electron chi connectivity index (χ0n) is 8.54. The summed E-state index contributed by atoms with van der Waals surface area (Å²) in [5.74, 6) is 1.92. The SMILES string of the molecule is Cc1cnc(COc2ccc(Cl)c(Cl)c2)o1. The Kier molecular flexibility index (Phi) is 3.36. The fourth-order valence-corrected chi connectivity index (χ4v) is 1.47. The molecule has 0 atom stereocenters. The van der Waals surface area contributed by atoms with E-state index in [0.717, 1.165) is 5.76 Å². The zero-order chi connectivity index (χ0) is 11.5. The molecule has 84 valence electrons. The Balaban J connectivity index is 2.02. The summed E-state index contributed by atoms with van der Waals surface area (Å²) in [6.45, 7) is 2.10. The summed E-state index contributed by atoms with van der Waals surface area (Å²) < 4.78 is 10.7. The maximum absolute atomic E-state index is 5.85. The number of aromatic nitrogens is 1. The van der Waals surface area contributed by atoms with Crippen LogP contribution in [0.2, 0.25) is 10.0 Å². The van der Waals surface area contributed by atoms with Crippen molar-refractivity contribution in [3.05, 3.63) is 46.1 Å². The Morgan fingerprint density at radius 3 is 2.75 bits per heavy atom. The lowest BCUT2D eigenvalue weighted by Crippen LogP contribution is -1.95. The second kappa shape index (κ2) is 4.76. The summed E-state index contributed by atoms with van der Waals surface area (Å²) in [4.78, 5) is 4.02. The third-order valence-electron chi connectivity index (χ3n) is 1.92. The molecule has 0 bridgehead atoms. The molecule has 2 rings (SSSR count). The van der Waals surface area contributed by atoms with Gasteiger partial charge >= 0.3 is 0 Å². The number of ether oxygens (including phenoxy) is 1. The van der Waals surface area contributed by atoms with Crippen molar-refractivity contribution in [3.8, 4) is 5.75 Å². The van der Waals surface area contributed by atoms with Gasteiger partial charge < -0.3 is 9.15 Å². The van der Waals surface area contributed by atoms with Crippen LogP contribution in [-0.2, 0) is 6.61 Å². The van der Waals surface area contributed by atoms with Gasteiger partial charge in [0.1, 0.15) is 11.5 Å². The van der Waals surface area contributed by atoms with Gasteiger partial charge in [0, 0.05) is 6.07 Å². The van der Waals surface area contributed by atoms with Crippen molar-refractivity contribution < 1.29 is 9.15 Å². The molecule has 3 nitrogen and oxygen atoms in total. The Morgan fingerprint density at radius 1 is 1.31 bits per heavy atom. The highest BCUT2D eigenvalue weighted by Crippen LogP contribution is 2.26. The monoisotopic (exact) mass is 257 g/mol. The molecule has 5 heteroatoms. The number of halogens is 2. The lowest BCUT2D eigenvalue weighted by Gasteiger charge is -2.04. The second-order valence-electron chi connectivity index (χ2n) is 3.23. The Labute approximate surface area is 103 Å². The predicted octanol–water partition coefficient (Wildman–Crippen LogP) is 3.87. The van der Waals surface area contributed by atoms with Crippen molar-refractivity contribution in [2.24, 2.45) is 0 Å². The third-order valence-corrected chi connectivity index (χ3v) is 2.66. The highest BCUT2D eigenvalue weighted by molar-refractivity contribution is 6.42. The molecule has 0 spiro atoms. The van der Waals surface area contributed by atoms with Crippen molar-refractivity contribution in [1.82, 2.24) is 4.98 Å². The highest BCUT2D eigenvalue weighted by Gasteiger charge is 2.03. The number of hydrogen-bond donors (Lipinski definition) is 0. The topological polar surface area (TPSA) is 35.3 Å². The van der Waals surface area contributed by atoms with Crippen LogP contribution >= 0.6 is 23.2 Å². The summed E-state index contributed by atoms with van der Waals surface area (Å²) in [7, 11) is 0. The normalized spacial score (nSPS) is 10.4. The van der Waals surface area contributed by atoms with Crippen LogP contribution in [0.15, 0.2) is 28.8 Å². The first-order chi connectivity index (χ1) is 7.65. The van der Waals surface area contributed by atoms with Crippen LogP contribution in [0.3, 0.4) is 0 Å². The van der Waals surface area contributed by atoms with E-state index < -0.39 is 0 Å². The predicted molar refractivity (Wildman–Crippen MR) is 62.0 cm³/mol. The van der Waals surface area contributed by atoms with Crippen molar-refractivity contribution >= 4 is 23.2 Å². The molecule has 0 radical (unpaired) electrons. The summed E-state index contributed by atoms with van der Waals surface area (Å²) in [6.07, 6.45) is 1.65. The number of benzene rings is 1. The summed E-state index contributed by atoms with van der Waals surface area (Å²) in [6, 6.07) is 5.07. The van der Waals surface area contributed by atoms with Crippen LogP contribution in [0, 0.1) is 6.92 Å². The van der Waals surface area contributed by atoms with E-state index in [-0.39, 0.29) is 6.61 Å². The highest BCUT2D eigenvalue weighted by atomic mass is 35.5. The van der Waals surface area contributed by atoms with Crippen LogP contribution in [0.4, 0.5) is 0 Å². The van der Waals surface area contributed by atoms with Gasteiger partial charge in [-0.15, -0.1) is 0 Å². The van der Waals surface area contributed by atoms with Crippen LogP contribution in [0.1, 0.15) is 11.7 Å². The molecule has 1 aromatic carbocycles. The first-order valence-electron chi connectivity index (χ1n) is 4.64. The van der Waals surface area contributed by atoms with Gasteiger partial charge in [-0.25, -0.2) is 4.98 Å². The molecule has 2 aromatic rings. The molecule has 0 unspecified atom stereocenters. The number of nitrogens with zero attached hydrogens (tertiary/aromatic N) is 1. The molecule has 0 fully saturated rings. The Hall–Kier alpha value is -1.19. The van der Waals surface area contributed by atoms with E-state index in [1.54, 1.807) is 24.4 Å². The summed E-state index contributed by atoms with van der Waals surface area (Å²) in [5.41, 5.74) is 0. The largest absolute Gasteiger partial charge is 0.484 e. The fraction of sp³-hybridized carbons (Fsp3) is 0.182. The molecule has 0 aliphatic carbocycles. The van der Waals surface area contributed by atoms with E-state index in [9.17, 15) is 0 Å². The quantitative estimate of drug-likeness (QED) is 0.838. The molecule has 0 saturated carbocycles. The number of oxazole rings is 1. The molecule has 0 amide bonds. The van der Waals surface area contributed by atoms with Crippen LogP contribution in [0.5, 0.6) is 5.75 Å². The minimum absolute atomic E-state index is 0.270. The molecular weight excluding hydrogens is 249 g/mol. The molecule has 1 aromatic heterocycles. The maximum Gasteiger partial charge on any atom is 0.232 e. The number of hydrogen-bond acceptors (Lipinski definition) is 3. The average Bonchev–Trinajstić information content (AvgIpc) is 2.66. The van der Waals surface area contributed by atoms with Gasteiger partial charge in [0.25, 0.3) is 0 Å². The van der Waals surface area contributed by atoms with Crippen molar-refractivity contribution in [3.63, 3.8) is 0 Å². The molecule has 0 aliphatic heterocycles. The van der Waals surface area contributed by atoms with Gasteiger partial charge in [-0.05, 0) is 19.1 Å². The van der Waals surface area contributed by atoms with Crippen LogP contribution < -0.4 is 4.74 Å². The lowest BCUT2D eigenvalue weighted by atomic mass is 10.3. The van der Waals surface area contributed by atoms with Crippen molar-refractivity contribution in [2.45, 2.75) is 13.5 Å². The van der Waals surface area contributed by atoms with Crippen LogP contribution in [-0.4, -0.2) is 4.98 Å². The third kappa shape index (κ3) is 2.68. The molecule has 16 heavy (non-hydrogen) atoms. The average molecular weight is 258 g/mol. The zero-order valence-corrected chi connectivity index (χ0v) is 10.0. The molecule has 0 N–H and O–H groups in total. The minimum atomic E-state index is 0.270. The first kappa shape index (κ1) is 11.3. The van der Waals surface area contributed by atoms with E-state index in [1.807, 2.05) is 6.92 Å². The van der Waals surface area contributed by atoms with Gasteiger partial charge in [-0.3, -0.25) is 0 Å². The molecule has 1 heterocycles. The van der Waals surface area contributed by atoms with Crippen LogP contribution in [0.25, 0.3) is 0 Å². The lowest BCUT2D eigenvalue weighted by molar-refractivity contribution is 0.260. The minimum Gasteiger partial charge on any atom is -0.484 e. The summed E-state index contributed by atoms with van der Waals surface area (Å²) >= 11 is 11.6. The van der Waals surface area contributed by atoms with E-state index in [2.05, 4.69) is 4.98 Å². The van der Waals surface area contributed by atoms with Gasteiger partial charge in [0.2, 0.25) is 5.89 Å². The second-order valence-corrected chi connectivity index (χ2v) is 4.04. The maximum atomic E-state index is 5.85. The van der Waals surface area contributed by atoms with Crippen molar-refractivity contribution in [2.75, 3.05) is 0 Å². The van der Waals surface area contributed by atoms with E-state index in [0.29, 0.717) is 21.7 Å². The van der Waals surface area contributed by atoms with Gasteiger partial charge in [-0.2, -0.15) is 0 Å². The molecular formula is C11H9Cl2NO2. The number of rotatable bonds is 3. The van der Waals surface area contributed by atoms with Gasteiger partial charge in [0.15, 0.2) is 6.61 Å². The first-order valence-corrected chi connectivity index (χ1v) is 5.40. The molecule has 0 saturated heterocycles. The van der Waals surface area contributed by atoms with E-state index in [1.165, 1.54) is 0 Å². The molecule has 0 aliphatic rings. The van der Waals surface area contributed by atoms with Gasteiger partial charge in [0.05, 0.1) is 16.2 Å². The van der Waals surface area contributed by atoms with E-state index in [4.69, 9.17) is 32.4 Å². The standard InChI is InChI=1S/C11H9Cl2NO2/c1-7-5-14-11(16-7)6-15-8-2-3-9(12)10(13)4-8/h2-5H,6H2,1H3. The Morgan fingerprint density at radius 2 is 2.12 bits per heavy atom. The van der Waals surface area contributed by atoms with Crippen molar-refractivity contribution in [1.29, 1.82) is 0 Å². The smallest absolute Gasteiger partial charge is 0.232 e. The fourth-order valence-electron chi connectivity index (χ4n) is 1.18. The van der Waals surface area contributed by atoms with Gasteiger partial charge in [-0.1, -0.05) is 23.2 Å². The Bertz CT molecular complexity index is 496. The number of aryl methyl sites for hydroxylation is 1.